The number of hydrogen-bond donors (Lipinski definition) is 0. The largest absolute Gasteiger partial charge is 0.494 e. The maximum absolute atomic E-state index is 11.6. The van der Waals surface area contributed by atoms with E-state index < -0.39 is 9.84 Å². The Bertz CT molecular complexity index is 924. The lowest BCUT2D eigenvalue weighted by Crippen LogP contribution is -2.07. The van der Waals surface area contributed by atoms with Crippen LogP contribution in [0.5, 0.6) is 5.75 Å². The van der Waals surface area contributed by atoms with Crippen molar-refractivity contribution < 1.29 is 22.4 Å². The van der Waals surface area contributed by atoms with E-state index in [1.807, 2.05) is 13.0 Å². The molecule has 1 unspecified atom stereocenters. The van der Waals surface area contributed by atoms with Gasteiger partial charge >= 0.3 is 0 Å². The van der Waals surface area contributed by atoms with Crippen LogP contribution in [0.3, 0.4) is 0 Å². The molecule has 1 aliphatic heterocycles. The summed E-state index contributed by atoms with van der Waals surface area (Å²) >= 11 is 1.36. The SMILES string of the molecule is CCOc1ccc(C(C)=O)cc1CSc1nnc(CC2CCS(=O)(=O)C2)o1. The first-order valence-corrected chi connectivity index (χ1v) is 11.6. The van der Waals surface area contributed by atoms with Gasteiger partial charge in [-0.1, -0.05) is 11.8 Å². The normalized spacial score (nSPS) is 18.5. The number of Topliss-reactive ketones (excluding diaryl/α,β-unsaturated/α-hetero) is 1. The average molecular weight is 411 g/mol. The average Bonchev–Trinajstić information content (AvgIpc) is 3.20. The van der Waals surface area contributed by atoms with Gasteiger partial charge in [0.25, 0.3) is 5.22 Å². The molecule has 7 nitrogen and oxygen atoms in total. The number of carbonyl (C=O) groups is 1. The van der Waals surface area contributed by atoms with Crippen LogP contribution in [0.15, 0.2) is 27.8 Å². The fourth-order valence-electron chi connectivity index (χ4n) is 3.01. The summed E-state index contributed by atoms with van der Waals surface area (Å²) < 4.78 is 34.4. The summed E-state index contributed by atoms with van der Waals surface area (Å²) in [4.78, 5) is 11.6. The van der Waals surface area contributed by atoms with E-state index in [9.17, 15) is 13.2 Å². The number of thioether (sulfide) groups is 1. The molecule has 1 aromatic heterocycles. The standard InChI is InChI=1S/C18H22N2O5S2/c1-3-24-16-5-4-14(12(2)21)9-15(16)10-26-18-20-19-17(25-18)8-13-6-7-27(22,23)11-13/h4-5,9,13H,3,6-8,10-11H2,1-2H3. The Kier molecular flexibility index (Phi) is 6.21. The van der Waals surface area contributed by atoms with Crippen LogP contribution in [-0.4, -0.2) is 42.5 Å². The van der Waals surface area contributed by atoms with Crippen LogP contribution >= 0.6 is 11.8 Å². The summed E-state index contributed by atoms with van der Waals surface area (Å²) in [6.07, 6.45) is 1.12. The molecule has 1 fully saturated rings. The highest BCUT2D eigenvalue weighted by Gasteiger charge is 2.29. The molecule has 0 aliphatic carbocycles. The van der Waals surface area contributed by atoms with Crippen molar-refractivity contribution in [2.75, 3.05) is 18.1 Å². The topological polar surface area (TPSA) is 99.4 Å². The molecular formula is C18H22N2O5S2. The van der Waals surface area contributed by atoms with Crippen LogP contribution in [0.25, 0.3) is 0 Å². The first-order chi connectivity index (χ1) is 12.9. The van der Waals surface area contributed by atoms with Crippen LogP contribution in [0, 0.1) is 5.92 Å². The predicted octanol–water partition coefficient (Wildman–Crippen LogP) is 2.94. The van der Waals surface area contributed by atoms with Gasteiger partial charge in [0.05, 0.1) is 18.1 Å². The molecule has 1 aliphatic rings. The number of aromatic nitrogens is 2. The first kappa shape index (κ1) is 19.9. The van der Waals surface area contributed by atoms with Gasteiger partial charge in [0.1, 0.15) is 5.75 Å². The molecule has 27 heavy (non-hydrogen) atoms. The molecule has 0 saturated carbocycles. The van der Waals surface area contributed by atoms with E-state index in [4.69, 9.17) is 9.15 Å². The Labute approximate surface area is 162 Å². The van der Waals surface area contributed by atoms with Gasteiger partial charge in [-0.2, -0.15) is 0 Å². The highest BCUT2D eigenvalue weighted by molar-refractivity contribution is 7.98. The summed E-state index contributed by atoms with van der Waals surface area (Å²) in [5, 5.41) is 8.48. The summed E-state index contributed by atoms with van der Waals surface area (Å²) in [5.74, 6) is 2.18. The summed E-state index contributed by atoms with van der Waals surface area (Å²) in [7, 11) is -2.91. The van der Waals surface area contributed by atoms with E-state index in [1.165, 1.54) is 18.7 Å². The summed E-state index contributed by atoms with van der Waals surface area (Å²) in [6, 6.07) is 5.37. The van der Waals surface area contributed by atoms with Crippen molar-refractivity contribution in [3.8, 4) is 5.75 Å². The second kappa shape index (κ2) is 8.43. The molecule has 0 bridgehead atoms. The number of ketones is 1. The number of sulfone groups is 1. The molecule has 1 atom stereocenters. The number of ether oxygens (including phenoxy) is 1. The molecule has 0 amide bonds. The zero-order valence-electron chi connectivity index (χ0n) is 15.3. The van der Waals surface area contributed by atoms with Crippen molar-refractivity contribution in [3.63, 3.8) is 0 Å². The van der Waals surface area contributed by atoms with E-state index in [-0.39, 0.29) is 23.2 Å². The molecule has 2 aromatic rings. The molecule has 2 heterocycles. The minimum Gasteiger partial charge on any atom is -0.494 e. The fourth-order valence-corrected chi connectivity index (χ4v) is 5.63. The molecule has 9 heteroatoms. The predicted molar refractivity (Wildman–Crippen MR) is 102 cm³/mol. The summed E-state index contributed by atoms with van der Waals surface area (Å²) in [6.45, 7) is 3.97. The molecule has 0 spiro atoms. The van der Waals surface area contributed by atoms with Gasteiger partial charge in [0, 0.05) is 23.3 Å². The minimum absolute atomic E-state index is 0.00380. The molecular weight excluding hydrogens is 388 g/mol. The maximum Gasteiger partial charge on any atom is 0.276 e. The Morgan fingerprint density at radius 3 is 2.85 bits per heavy atom. The molecule has 1 aromatic carbocycles. The van der Waals surface area contributed by atoms with Crippen molar-refractivity contribution in [1.82, 2.24) is 10.2 Å². The van der Waals surface area contributed by atoms with Crippen molar-refractivity contribution in [3.05, 3.63) is 35.2 Å². The first-order valence-electron chi connectivity index (χ1n) is 8.78. The zero-order valence-corrected chi connectivity index (χ0v) is 16.9. The lowest BCUT2D eigenvalue weighted by molar-refractivity contribution is 0.101. The van der Waals surface area contributed by atoms with E-state index in [2.05, 4.69) is 10.2 Å². The van der Waals surface area contributed by atoms with Crippen molar-refractivity contribution >= 4 is 27.4 Å². The Balaban J connectivity index is 1.64. The highest BCUT2D eigenvalue weighted by atomic mass is 32.2. The highest BCUT2D eigenvalue weighted by Crippen LogP contribution is 2.29. The Hall–Kier alpha value is -1.87. The zero-order chi connectivity index (χ0) is 19.4. The Morgan fingerprint density at radius 2 is 2.19 bits per heavy atom. The van der Waals surface area contributed by atoms with Crippen LogP contribution in [0.1, 0.15) is 42.1 Å². The quantitative estimate of drug-likeness (QED) is 0.484. The molecule has 146 valence electrons. The second-order valence-corrected chi connectivity index (χ2v) is 9.69. The van der Waals surface area contributed by atoms with E-state index >= 15 is 0 Å². The van der Waals surface area contributed by atoms with Gasteiger partial charge in [-0.15, -0.1) is 10.2 Å². The lowest BCUT2D eigenvalue weighted by Gasteiger charge is -2.10. The summed E-state index contributed by atoms with van der Waals surface area (Å²) in [5.41, 5.74) is 1.51. The van der Waals surface area contributed by atoms with Crippen LogP contribution < -0.4 is 4.74 Å². The molecule has 1 saturated heterocycles. The third kappa shape index (κ3) is 5.32. The van der Waals surface area contributed by atoms with Crippen LogP contribution in [0.4, 0.5) is 0 Å². The van der Waals surface area contributed by atoms with E-state index in [1.54, 1.807) is 12.1 Å². The van der Waals surface area contributed by atoms with E-state index in [0.29, 0.717) is 41.9 Å². The van der Waals surface area contributed by atoms with Gasteiger partial charge in [-0.3, -0.25) is 4.79 Å². The van der Waals surface area contributed by atoms with Crippen LogP contribution in [0.2, 0.25) is 0 Å². The van der Waals surface area contributed by atoms with Crippen molar-refractivity contribution in [1.29, 1.82) is 0 Å². The minimum atomic E-state index is -2.91. The number of rotatable bonds is 8. The molecule has 0 radical (unpaired) electrons. The van der Waals surface area contributed by atoms with Gasteiger partial charge in [-0.05, 0) is 44.4 Å². The van der Waals surface area contributed by atoms with Crippen LogP contribution in [-0.2, 0) is 22.0 Å². The second-order valence-electron chi connectivity index (χ2n) is 6.54. The number of nitrogens with zero attached hydrogens (tertiary/aromatic N) is 2. The lowest BCUT2D eigenvalue weighted by atomic mass is 10.1. The van der Waals surface area contributed by atoms with Crippen molar-refractivity contribution in [2.24, 2.45) is 5.92 Å². The third-order valence-electron chi connectivity index (χ3n) is 4.36. The Morgan fingerprint density at radius 1 is 1.37 bits per heavy atom. The van der Waals surface area contributed by atoms with Gasteiger partial charge in [-0.25, -0.2) is 8.42 Å². The monoisotopic (exact) mass is 410 g/mol. The smallest absolute Gasteiger partial charge is 0.276 e. The third-order valence-corrected chi connectivity index (χ3v) is 7.06. The molecule has 0 N–H and O–H groups in total. The molecule has 3 rings (SSSR count). The van der Waals surface area contributed by atoms with E-state index in [0.717, 1.165) is 11.3 Å². The van der Waals surface area contributed by atoms with Gasteiger partial charge in [0.2, 0.25) is 5.89 Å². The van der Waals surface area contributed by atoms with Gasteiger partial charge < -0.3 is 9.15 Å². The number of benzene rings is 1. The van der Waals surface area contributed by atoms with Gasteiger partial charge in [0.15, 0.2) is 15.6 Å². The van der Waals surface area contributed by atoms with Crippen molar-refractivity contribution in [2.45, 2.75) is 37.7 Å². The number of carbonyl (C=O) groups excluding carboxylic acids is 1. The fraction of sp³-hybridized carbons (Fsp3) is 0.500. The maximum atomic E-state index is 11.6. The number of hydrogen-bond acceptors (Lipinski definition) is 8.